The molecule has 0 bridgehead atoms. The van der Waals surface area contributed by atoms with Crippen molar-refractivity contribution in [2.75, 3.05) is 19.5 Å². The predicted octanol–water partition coefficient (Wildman–Crippen LogP) is 4.97. The maximum Gasteiger partial charge on any atom is 0.350 e. The largest absolute Gasteiger partial charge is 0.465 e. The molecule has 6 nitrogen and oxygen atoms in total. The number of nitrogens with zero attached hydrogens (tertiary/aromatic N) is 2. The number of carbonyl (C=O) groups is 2. The molecule has 1 amide bonds. The minimum Gasteiger partial charge on any atom is -0.465 e. The van der Waals surface area contributed by atoms with Crippen LogP contribution < -0.4 is 5.32 Å². The molecular formula is C25H23N3O3S. The maximum absolute atomic E-state index is 12.7. The van der Waals surface area contributed by atoms with Crippen molar-refractivity contribution in [1.82, 2.24) is 9.88 Å². The molecule has 0 aliphatic rings. The highest BCUT2D eigenvalue weighted by Gasteiger charge is 2.22. The van der Waals surface area contributed by atoms with E-state index in [4.69, 9.17) is 9.72 Å². The van der Waals surface area contributed by atoms with Crippen LogP contribution in [-0.2, 0) is 17.8 Å². The summed E-state index contributed by atoms with van der Waals surface area (Å²) in [4.78, 5) is 33.0. The average Bonchev–Trinajstić information content (AvgIpc) is 3.17. The van der Waals surface area contributed by atoms with E-state index in [0.29, 0.717) is 32.9 Å². The van der Waals surface area contributed by atoms with Crippen molar-refractivity contribution in [3.05, 3.63) is 94.5 Å². The fraction of sp³-hybridized carbons (Fsp3) is 0.160. The van der Waals surface area contributed by atoms with Crippen molar-refractivity contribution in [2.45, 2.75) is 13.1 Å². The Labute approximate surface area is 190 Å². The Kier molecular flexibility index (Phi) is 6.58. The zero-order valence-electron chi connectivity index (χ0n) is 17.9. The third kappa shape index (κ3) is 4.85. The number of pyridine rings is 1. The average molecular weight is 446 g/mol. The first-order chi connectivity index (χ1) is 15.5. The molecule has 0 aliphatic heterocycles. The standard InChI is InChI=1S/C25H23N3O3S/c1-28(15-17-9-5-3-6-10-17)16-19-13-14-20-21(22(25(30)31-2)32-24(20)26-19)27-23(29)18-11-7-4-8-12-18/h3-14H,15-16H2,1-2H3,(H,27,29). The van der Waals surface area contributed by atoms with Gasteiger partial charge in [-0.15, -0.1) is 11.3 Å². The fourth-order valence-electron chi connectivity index (χ4n) is 3.47. The number of benzene rings is 2. The van der Waals surface area contributed by atoms with Gasteiger partial charge in [-0.25, -0.2) is 9.78 Å². The number of anilines is 1. The normalized spacial score (nSPS) is 11.0. The van der Waals surface area contributed by atoms with Gasteiger partial charge in [0.25, 0.3) is 5.91 Å². The summed E-state index contributed by atoms with van der Waals surface area (Å²) in [6.07, 6.45) is 0. The number of hydrogen-bond donors (Lipinski definition) is 1. The van der Waals surface area contributed by atoms with Crippen LogP contribution in [0.2, 0.25) is 0 Å². The van der Waals surface area contributed by atoms with E-state index in [0.717, 1.165) is 12.2 Å². The van der Waals surface area contributed by atoms with Crippen molar-refractivity contribution in [3.8, 4) is 0 Å². The van der Waals surface area contributed by atoms with Crippen LogP contribution in [0.5, 0.6) is 0 Å². The lowest BCUT2D eigenvalue weighted by atomic mass is 10.2. The molecule has 1 N–H and O–H groups in total. The van der Waals surface area contributed by atoms with Crippen LogP contribution >= 0.6 is 11.3 Å². The van der Waals surface area contributed by atoms with Gasteiger partial charge < -0.3 is 10.1 Å². The highest BCUT2D eigenvalue weighted by Crippen LogP contribution is 2.36. The van der Waals surface area contributed by atoms with Gasteiger partial charge >= 0.3 is 5.97 Å². The number of thiophene rings is 1. The summed E-state index contributed by atoms with van der Waals surface area (Å²) in [5.41, 5.74) is 3.05. The van der Waals surface area contributed by atoms with E-state index < -0.39 is 5.97 Å². The first-order valence-corrected chi connectivity index (χ1v) is 11.0. The topological polar surface area (TPSA) is 71.5 Å². The lowest BCUT2D eigenvalue weighted by molar-refractivity contribution is 0.0607. The number of aromatic nitrogens is 1. The number of nitrogens with one attached hydrogen (secondary N) is 1. The van der Waals surface area contributed by atoms with Crippen molar-refractivity contribution < 1.29 is 14.3 Å². The van der Waals surface area contributed by atoms with Crippen LogP contribution in [0.4, 0.5) is 5.69 Å². The Morgan fingerprint density at radius 2 is 1.66 bits per heavy atom. The number of esters is 1. The first-order valence-electron chi connectivity index (χ1n) is 10.1. The van der Waals surface area contributed by atoms with E-state index in [1.54, 1.807) is 24.3 Å². The number of ether oxygens (including phenoxy) is 1. The minimum absolute atomic E-state index is 0.290. The summed E-state index contributed by atoms with van der Waals surface area (Å²) in [5.74, 6) is -0.791. The smallest absolute Gasteiger partial charge is 0.350 e. The second-order valence-corrected chi connectivity index (χ2v) is 8.43. The molecule has 2 aromatic carbocycles. The summed E-state index contributed by atoms with van der Waals surface area (Å²) in [5, 5.41) is 3.59. The monoisotopic (exact) mass is 445 g/mol. The third-order valence-corrected chi connectivity index (χ3v) is 6.07. The molecule has 0 atom stereocenters. The van der Waals surface area contributed by atoms with Gasteiger partial charge in [0.1, 0.15) is 9.71 Å². The lowest BCUT2D eigenvalue weighted by Crippen LogP contribution is -2.17. The van der Waals surface area contributed by atoms with Crippen LogP contribution in [-0.4, -0.2) is 35.9 Å². The van der Waals surface area contributed by atoms with Crippen LogP contribution in [0.15, 0.2) is 72.8 Å². The molecule has 0 radical (unpaired) electrons. The molecule has 0 unspecified atom stereocenters. The Morgan fingerprint density at radius 3 is 2.34 bits per heavy atom. The second-order valence-electron chi connectivity index (χ2n) is 7.43. The third-order valence-electron chi connectivity index (χ3n) is 4.99. The number of carbonyl (C=O) groups excluding carboxylic acids is 2. The summed E-state index contributed by atoms with van der Waals surface area (Å²) in [7, 11) is 3.37. The molecule has 0 fully saturated rings. The lowest BCUT2D eigenvalue weighted by Gasteiger charge is -2.16. The molecule has 0 saturated heterocycles. The molecule has 0 aliphatic carbocycles. The Bertz CT molecular complexity index is 1240. The van der Waals surface area contributed by atoms with Gasteiger partial charge in [0, 0.05) is 24.0 Å². The van der Waals surface area contributed by atoms with Gasteiger partial charge in [-0.1, -0.05) is 48.5 Å². The molecule has 4 aromatic rings. The molecule has 0 saturated carbocycles. The minimum atomic E-state index is -0.501. The molecule has 162 valence electrons. The van der Waals surface area contributed by atoms with E-state index in [-0.39, 0.29) is 5.91 Å². The van der Waals surface area contributed by atoms with Gasteiger partial charge in [-0.2, -0.15) is 0 Å². The zero-order chi connectivity index (χ0) is 22.5. The van der Waals surface area contributed by atoms with E-state index >= 15 is 0 Å². The van der Waals surface area contributed by atoms with Crippen LogP contribution in [0, 0.1) is 0 Å². The number of methoxy groups -OCH3 is 1. The van der Waals surface area contributed by atoms with Gasteiger partial charge in [0.15, 0.2) is 0 Å². The van der Waals surface area contributed by atoms with E-state index in [1.807, 2.05) is 43.4 Å². The molecule has 2 aromatic heterocycles. The molecule has 2 heterocycles. The Hall–Kier alpha value is -3.55. The first kappa shape index (κ1) is 21.7. The summed E-state index contributed by atoms with van der Waals surface area (Å²) in [6.45, 7) is 1.46. The Morgan fingerprint density at radius 1 is 0.969 bits per heavy atom. The van der Waals surface area contributed by atoms with Crippen LogP contribution in [0.25, 0.3) is 10.2 Å². The van der Waals surface area contributed by atoms with E-state index in [1.165, 1.54) is 24.0 Å². The molecular weight excluding hydrogens is 422 g/mol. The quantitative estimate of drug-likeness (QED) is 0.407. The maximum atomic E-state index is 12.7. The second kappa shape index (κ2) is 9.72. The van der Waals surface area contributed by atoms with Gasteiger partial charge in [-0.05, 0) is 36.9 Å². The highest BCUT2D eigenvalue weighted by molar-refractivity contribution is 7.21. The summed E-state index contributed by atoms with van der Waals surface area (Å²) < 4.78 is 4.94. The summed E-state index contributed by atoms with van der Waals surface area (Å²) in [6, 6.07) is 22.9. The molecule has 7 heteroatoms. The number of fused-ring (bicyclic) bond motifs is 1. The molecule has 0 spiro atoms. The summed E-state index contributed by atoms with van der Waals surface area (Å²) >= 11 is 1.22. The van der Waals surface area contributed by atoms with Crippen molar-refractivity contribution >= 4 is 39.1 Å². The SMILES string of the molecule is COC(=O)c1sc2nc(CN(C)Cc3ccccc3)ccc2c1NC(=O)c1ccccc1. The van der Waals surface area contributed by atoms with E-state index in [9.17, 15) is 9.59 Å². The highest BCUT2D eigenvalue weighted by atomic mass is 32.1. The van der Waals surface area contributed by atoms with Crippen LogP contribution in [0.1, 0.15) is 31.3 Å². The molecule has 32 heavy (non-hydrogen) atoms. The fourth-order valence-corrected chi connectivity index (χ4v) is 4.53. The van der Waals surface area contributed by atoms with Gasteiger partial charge in [0.2, 0.25) is 0 Å². The van der Waals surface area contributed by atoms with Crippen LogP contribution in [0.3, 0.4) is 0 Å². The number of amides is 1. The van der Waals surface area contributed by atoms with Crippen molar-refractivity contribution in [2.24, 2.45) is 0 Å². The number of hydrogen-bond acceptors (Lipinski definition) is 6. The van der Waals surface area contributed by atoms with Crippen molar-refractivity contribution in [3.63, 3.8) is 0 Å². The zero-order valence-corrected chi connectivity index (χ0v) is 18.7. The van der Waals surface area contributed by atoms with Crippen molar-refractivity contribution in [1.29, 1.82) is 0 Å². The predicted molar refractivity (Wildman–Crippen MR) is 127 cm³/mol. The number of rotatable bonds is 7. The van der Waals surface area contributed by atoms with Gasteiger partial charge in [-0.3, -0.25) is 9.69 Å². The van der Waals surface area contributed by atoms with Gasteiger partial charge in [0.05, 0.1) is 18.5 Å². The van der Waals surface area contributed by atoms with E-state index in [2.05, 4.69) is 22.3 Å². The molecule has 4 rings (SSSR count). The Balaban J connectivity index is 1.60.